The molecule has 1 fully saturated rings. The van der Waals surface area contributed by atoms with Crippen LogP contribution in [0.1, 0.15) is 12.8 Å². The summed E-state index contributed by atoms with van der Waals surface area (Å²) in [6.45, 7) is 4.25. The van der Waals surface area contributed by atoms with Crippen LogP contribution in [0.2, 0.25) is 0 Å². The first-order valence-corrected chi connectivity index (χ1v) is 7.61. The number of anilines is 1. The van der Waals surface area contributed by atoms with Crippen molar-refractivity contribution in [2.24, 2.45) is 0 Å². The molecule has 20 heavy (non-hydrogen) atoms. The molecule has 2 heterocycles. The highest BCUT2D eigenvalue weighted by Crippen LogP contribution is 2.28. The van der Waals surface area contributed by atoms with Gasteiger partial charge in [0, 0.05) is 19.1 Å². The standard InChI is InChI=1S/C16H25N3O/c1-18(11-13-6-5-9-19(13)2)12-14-10-17-15-7-3-4-8-16(15)20-14/h3-4,7-8,13-14,17H,5-6,9-12H2,1-2H3. The number of para-hydroxylation sites is 2. The fourth-order valence-corrected chi connectivity index (χ4v) is 3.25. The molecule has 0 saturated carbocycles. The molecule has 2 unspecified atom stereocenters. The molecule has 4 nitrogen and oxygen atoms in total. The molecule has 0 aromatic heterocycles. The van der Waals surface area contributed by atoms with Crippen LogP contribution in [0.15, 0.2) is 24.3 Å². The third-order valence-electron chi connectivity index (χ3n) is 4.41. The molecule has 0 radical (unpaired) electrons. The van der Waals surface area contributed by atoms with Crippen molar-refractivity contribution in [1.82, 2.24) is 9.80 Å². The van der Waals surface area contributed by atoms with Crippen LogP contribution in [-0.4, -0.2) is 62.2 Å². The number of nitrogens with zero attached hydrogens (tertiary/aromatic N) is 2. The van der Waals surface area contributed by atoms with E-state index in [0.29, 0.717) is 6.04 Å². The highest BCUT2D eigenvalue weighted by molar-refractivity contribution is 5.57. The molecule has 1 N–H and O–H groups in total. The second-order valence-corrected chi connectivity index (χ2v) is 6.11. The monoisotopic (exact) mass is 275 g/mol. The van der Waals surface area contributed by atoms with Gasteiger partial charge in [0.15, 0.2) is 0 Å². The molecule has 0 aliphatic carbocycles. The van der Waals surface area contributed by atoms with Gasteiger partial charge in [-0.15, -0.1) is 0 Å². The van der Waals surface area contributed by atoms with E-state index >= 15 is 0 Å². The van der Waals surface area contributed by atoms with E-state index in [2.05, 4.69) is 35.3 Å². The van der Waals surface area contributed by atoms with Gasteiger partial charge in [-0.3, -0.25) is 0 Å². The molecule has 3 rings (SSSR count). The number of hydrogen-bond donors (Lipinski definition) is 1. The maximum Gasteiger partial charge on any atom is 0.142 e. The molecule has 2 aliphatic rings. The Morgan fingerprint density at radius 3 is 3.00 bits per heavy atom. The maximum absolute atomic E-state index is 6.08. The van der Waals surface area contributed by atoms with E-state index in [-0.39, 0.29) is 6.10 Å². The Hall–Kier alpha value is -1.26. The van der Waals surface area contributed by atoms with E-state index in [1.54, 1.807) is 0 Å². The van der Waals surface area contributed by atoms with Gasteiger partial charge >= 0.3 is 0 Å². The molecule has 2 aliphatic heterocycles. The quantitative estimate of drug-likeness (QED) is 0.908. The summed E-state index contributed by atoms with van der Waals surface area (Å²) in [5.41, 5.74) is 1.11. The number of likely N-dealkylation sites (N-methyl/N-ethyl adjacent to an activating group) is 2. The summed E-state index contributed by atoms with van der Waals surface area (Å²) >= 11 is 0. The molecule has 0 amide bonds. The van der Waals surface area contributed by atoms with Gasteiger partial charge in [-0.25, -0.2) is 0 Å². The van der Waals surface area contributed by atoms with Crippen LogP contribution < -0.4 is 10.1 Å². The lowest BCUT2D eigenvalue weighted by Gasteiger charge is -2.32. The van der Waals surface area contributed by atoms with Gasteiger partial charge in [-0.1, -0.05) is 12.1 Å². The molecule has 1 aromatic carbocycles. The van der Waals surface area contributed by atoms with E-state index < -0.39 is 0 Å². The SMILES string of the molecule is CN(CC1CNc2ccccc2O1)CC1CCCN1C. The van der Waals surface area contributed by atoms with Gasteiger partial charge in [0.05, 0.1) is 12.2 Å². The maximum atomic E-state index is 6.08. The summed E-state index contributed by atoms with van der Waals surface area (Å²) in [5.74, 6) is 0.982. The number of rotatable bonds is 4. The van der Waals surface area contributed by atoms with Crippen molar-refractivity contribution in [3.05, 3.63) is 24.3 Å². The summed E-state index contributed by atoms with van der Waals surface area (Å²) in [4.78, 5) is 4.89. The van der Waals surface area contributed by atoms with Crippen LogP contribution >= 0.6 is 0 Å². The minimum atomic E-state index is 0.238. The van der Waals surface area contributed by atoms with Crippen LogP contribution in [0.25, 0.3) is 0 Å². The van der Waals surface area contributed by atoms with E-state index in [1.165, 1.54) is 19.4 Å². The molecular formula is C16H25N3O. The zero-order valence-electron chi connectivity index (χ0n) is 12.5. The summed E-state index contributed by atoms with van der Waals surface area (Å²) in [6.07, 6.45) is 2.90. The van der Waals surface area contributed by atoms with Crippen LogP contribution in [-0.2, 0) is 0 Å². The van der Waals surface area contributed by atoms with Gasteiger partial charge in [0.2, 0.25) is 0 Å². The van der Waals surface area contributed by atoms with E-state index in [9.17, 15) is 0 Å². The second kappa shape index (κ2) is 6.02. The number of likely N-dealkylation sites (tertiary alicyclic amines) is 1. The smallest absolute Gasteiger partial charge is 0.142 e. The molecule has 0 bridgehead atoms. The van der Waals surface area contributed by atoms with Crippen molar-refractivity contribution in [1.29, 1.82) is 0 Å². The largest absolute Gasteiger partial charge is 0.485 e. The Labute approximate surface area is 121 Å². The van der Waals surface area contributed by atoms with Gasteiger partial charge < -0.3 is 19.9 Å². The molecule has 1 aromatic rings. The highest BCUT2D eigenvalue weighted by Gasteiger charge is 2.25. The number of hydrogen-bond acceptors (Lipinski definition) is 4. The molecule has 110 valence electrons. The third-order valence-corrected chi connectivity index (χ3v) is 4.41. The number of fused-ring (bicyclic) bond motifs is 1. The van der Waals surface area contributed by atoms with Crippen LogP contribution in [0.5, 0.6) is 5.75 Å². The topological polar surface area (TPSA) is 27.7 Å². The molecule has 4 heteroatoms. The van der Waals surface area contributed by atoms with Gasteiger partial charge in [0.1, 0.15) is 11.9 Å². The third kappa shape index (κ3) is 3.07. The Bertz CT molecular complexity index is 451. The van der Waals surface area contributed by atoms with Crippen molar-refractivity contribution < 1.29 is 4.74 Å². The second-order valence-electron chi connectivity index (χ2n) is 6.11. The van der Waals surface area contributed by atoms with Gasteiger partial charge in [0.25, 0.3) is 0 Å². The average molecular weight is 275 g/mol. The predicted molar refractivity (Wildman–Crippen MR) is 82.5 cm³/mol. The summed E-state index contributed by atoms with van der Waals surface area (Å²) in [6, 6.07) is 8.89. The first-order chi connectivity index (χ1) is 9.72. The van der Waals surface area contributed by atoms with Crippen LogP contribution in [0.3, 0.4) is 0 Å². The normalized spacial score (nSPS) is 26.1. The predicted octanol–water partition coefficient (Wildman–Crippen LogP) is 1.89. The summed E-state index contributed by atoms with van der Waals surface area (Å²) in [7, 11) is 4.44. The number of nitrogens with one attached hydrogen (secondary N) is 1. The Morgan fingerprint density at radius 2 is 2.20 bits per heavy atom. The van der Waals surface area contributed by atoms with Crippen LogP contribution in [0, 0.1) is 0 Å². The zero-order valence-corrected chi connectivity index (χ0v) is 12.5. The fourth-order valence-electron chi connectivity index (χ4n) is 3.25. The van der Waals surface area contributed by atoms with Gasteiger partial charge in [-0.2, -0.15) is 0 Å². The Morgan fingerprint density at radius 1 is 1.35 bits per heavy atom. The molecular weight excluding hydrogens is 250 g/mol. The Balaban J connectivity index is 1.51. The van der Waals surface area contributed by atoms with Crippen molar-refractivity contribution in [3.63, 3.8) is 0 Å². The molecule has 2 atom stereocenters. The minimum Gasteiger partial charge on any atom is -0.485 e. The van der Waals surface area contributed by atoms with Gasteiger partial charge in [-0.05, 0) is 45.6 Å². The van der Waals surface area contributed by atoms with Crippen molar-refractivity contribution >= 4 is 5.69 Å². The van der Waals surface area contributed by atoms with Crippen molar-refractivity contribution in [2.75, 3.05) is 45.6 Å². The number of benzene rings is 1. The lowest BCUT2D eigenvalue weighted by Crippen LogP contribution is -2.44. The fraction of sp³-hybridized carbons (Fsp3) is 0.625. The van der Waals surface area contributed by atoms with E-state index in [1.807, 2.05) is 18.2 Å². The highest BCUT2D eigenvalue weighted by atomic mass is 16.5. The lowest BCUT2D eigenvalue weighted by atomic mass is 10.2. The van der Waals surface area contributed by atoms with Crippen molar-refractivity contribution in [2.45, 2.75) is 25.0 Å². The first kappa shape index (κ1) is 13.7. The lowest BCUT2D eigenvalue weighted by molar-refractivity contribution is 0.133. The minimum absolute atomic E-state index is 0.238. The summed E-state index contributed by atoms with van der Waals surface area (Å²) in [5, 5.41) is 3.46. The molecule has 1 saturated heterocycles. The Kier molecular flexibility index (Phi) is 4.13. The first-order valence-electron chi connectivity index (χ1n) is 7.61. The van der Waals surface area contributed by atoms with Crippen LogP contribution in [0.4, 0.5) is 5.69 Å². The zero-order chi connectivity index (χ0) is 13.9. The number of ether oxygens (including phenoxy) is 1. The van der Waals surface area contributed by atoms with E-state index in [0.717, 1.165) is 31.1 Å². The van der Waals surface area contributed by atoms with E-state index in [4.69, 9.17) is 4.74 Å². The summed E-state index contributed by atoms with van der Waals surface area (Å²) < 4.78 is 6.08. The molecule has 0 spiro atoms. The average Bonchev–Trinajstić information content (AvgIpc) is 2.84. The van der Waals surface area contributed by atoms with Crippen molar-refractivity contribution in [3.8, 4) is 5.75 Å².